The maximum Gasteiger partial charge on any atom is 0.410 e. The van der Waals surface area contributed by atoms with Gasteiger partial charge in [0, 0.05) is 18.5 Å². The molecule has 0 aliphatic heterocycles. The first-order valence-corrected chi connectivity index (χ1v) is 7.57. The van der Waals surface area contributed by atoms with Gasteiger partial charge in [0.05, 0.1) is 5.92 Å². The zero-order valence-electron chi connectivity index (χ0n) is 13.3. The summed E-state index contributed by atoms with van der Waals surface area (Å²) in [6.45, 7) is 7.31. The predicted octanol–water partition coefficient (Wildman–Crippen LogP) is 3.71. The largest absolute Gasteiger partial charge is 0.425 e. The molecule has 0 saturated heterocycles. The number of nitrogens with one attached hydrogen (secondary N) is 1. The highest BCUT2D eigenvalue weighted by atomic mass is 35.5. The van der Waals surface area contributed by atoms with Crippen molar-refractivity contribution in [2.75, 3.05) is 6.54 Å². The molecule has 0 spiro atoms. The van der Waals surface area contributed by atoms with E-state index in [9.17, 15) is 9.59 Å². The first-order valence-electron chi connectivity index (χ1n) is 7.20. The van der Waals surface area contributed by atoms with Gasteiger partial charge in [-0.15, -0.1) is 0 Å². The Labute approximate surface area is 135 Å². The van der Waals surface area contributed by atoms with Gasteiger partial charge in [0.25, 0.3) is 0 Å². The van der Waals surface area contributed by atoms with E-state index in [2.05, 4.69) is 5.32 Å². The highest BCUT2D eigenvalue weighted by molar-refractivity contribution is 6.30. The number of alkyl carbamates (subject to hydrolysis) is 1. The SMILES string of the molecule is CC(OC(=O)NC[C@@H](C)c1ccc(Cl)cc1)OC(=O)C(C)C. The molecule has 1 aromatic rings. The van der Waals surface area contributed by atoms with Gasteiger partial charge in [-0.1, -0.05) is 44.5 Å². The fraction of sp³-hybridized carbons (Fsp3) is 0.500. The van der Waals surface area contributed by atoms with Crippen LogP contribution in [0.25, 0.3) is 0 Å². The van der Waals surface area contributed by atoms with Gasteiger partial charge in [-0.2, -0.15) is 0 Å². The molecule has 0 aliphatic carbocycles. The highest BCUT2D eigenvalue weighted by Gasteiger charge is 2.17. The minimum atomic E-state index is -0.916. The zero-order valence-corrected chi connectivity index (χ0v) is 14.0. The molecule has 1 N–H and O–H groups in total. The summed E-state index contributed by atoms with van der Waals surface area (Å²) in [4.78, 5) is 23.0. The van der Waals surface area contributed by atoms with Gasteiger partial charge in [0.15, 0.2) is 0 Å². The lowest BCUT2D eigenvalue weighted by Crippen LogP contribution is -2.33. The van der Waals surface area contributed by atoms with E-state index in [1.54, 1.807) is 26.0 Å². The van der Waals surface area contributed by atoms with Gasteiger partial charge >= 0.3 is 12.1 Å². The Hall–Kier alpha value is -1.75. The molecule has 0 fully saturated rings. The van der Waals surface area contributed by atoms with Crippen molar-refractivity contribution in [3.63, 3.8) is 0 Å². The van der Waals surface area contributed by atoms with E-state index in [1.807, 2.05) is 19.1 Å². The first-order chi connectivity index (χ1) is 10.3. The van der Waals surface area contributed by atoms with Crippen LogP contribution in [0.1, 0.15) is 39.2 Å². The van der Waals surface area contributed by atoms with Gasteiger partial charge in [0.1, 0.15) is 0 Å². The molecule has 2 atom stereocenters. The van der Waals surface area contributed by atoms with Crippen LogP contribution in [0.4, 0.5) is 4.79 Å². The summed E-state index contributed by atoms with van der Waals surface area (Å²) in [5.74, 6) is -0.563. The molecule has 0 bridgehead atoms. The number of amides is 1. The van der Waals surface area contributed by atoms with Gasteiger partial charge in [-0.3, -0.25) is 4.79 Å². The number of benzene rings is 1. The molecule has 0 saturated carbocycles. The molecule has 5 nitrogen and oxygen atoms in total. The van der Waals surface area contributed by atoms with Crippen LogP contribution in [0.2, 0.25) is 5.02 Å². The number of halogens is 1. The summed E-state index contributed by atoms with van der Waals surface area (Å²) < 4.78 is 9.91. The van der Waals surface area contributed by atoms with Crippen LogP contribution in [0.15, 0.2) is 24.3 Å². The Bertz CT molecular complexity index is 501. The lowest BCUT2D eigenvalue weighted by atomic mass is 10.0. The summed E-state index contributed by atoms with van der Waals surface area (Å²) in [6.07, 6.45) is -1.54. The number of esters is 1. The van der Waals surface area contributed by atoms with Crippen LogP contribution in [-0.2, 0) is 14.3 Å². The average molecular weight is 328 g/mol. The maximum atomic E-state index is 11.6. The smallest absolute Gasteiger partial charge is 0.410 e. The number of ether oxygens (including phenoxy) is 2. The normalized spacial score (nSPS) is 13.4. The molecule has 0 radical (unpaired) electrons. The third-order valence-electron chi connectivity index (χ3n) is 3.02. The molecule has 122 valence electrons. The molecule has 1 unspecified atom stereocenters. The van der Waals surface area contributed by atoms with Crippen LogP contribution in [0.3, 0.4) is 0 Å². The zero-order chi connectivity index (χ0) is 16.7. The highest BCUT2D eigenvalue weighted by Crippen LogP contribution is 2.17. The molecular formula is C16H22ClNO4. The Kier molecular flexibility index (Phi) is 7.18. The average Bonchev–Trinajstić information content (AvgIpc) is 2.45. The number of carbonyl (C=O) groups excluding carboxylic acids is 2. The first kappa shape index (κ1) is 18.3. The number of hydrogen-bond donors (Lipinski definition) is 1. The van der Waals surface area contributed by atoms with Crippen LogP contribution >= 0.6 is 11.6 Å². The summed E-state index contributed by atoms with van der Waals surface area (Å²) >= 11 is 5.83. The Morgan fingerprint density at radius 2 is 1.68 bits per heavy atom. The van der Waals surface area contributed by atoms with Crippen molar-refractivity contribution in [1.82, 2.24) is 5.32 Å². The Morgan fingerprint density at radius 1 is 1.09 bits per heavy atom. The molecule has 22 heavy (non-hydrogen) atoms. The molecule has 0 aromatic heterocycles. The molecule has 1 aromatic carbocycles. The molecule has 6 heteroatoms. The van der Waals surface area contributed by atoms with Crippen LogP contribution in [0.5, 0.6) is 0 Å². The monoisotopic (exact) mass is 327 g/mol. The van der Waals surface area contributed by atoms with Crippen molar-refractivity contribution >= 4 is 23.7 Å². The van der Waals surface area contributed by atoms with Crippen molar-refractivity contribution in [1.29, 1.82) is 0 Å². The summed E-state index contributed by atoms with van der Waals surface area (Å²) in [5.41, 5.74) is 1.06. The Morgan fingerprint density at radius 3 is 2.23 bits per heavy atom. The second kappa shape index (κ2) is 8.63. The van der Waals surface area contributed by atoms with E-state index in [4.69, 9.17) is 21.1 Å². The van der Waals surface area contributed by atoms with Gasteiger partial charge < -0.3 is 14.8 Å². The third-order valence-corrected chi connectivity index (χ3v) is 3.27. The molecule has 1 amide bonds. The topological polar surface area (TPSA) is 64.6 Å². The van der Waals surface area contributed by atoms with Gasteiger partial charge in [-0.05, 0) is 23.6 Å². The fourth-order valence-corrected chi connectivity index (χ4v) is 1.79. The van der Waals surface area contributed by atoms with E-state index in [-0.39, 0.29) is 11.8 Å². The summed E-state index contributed by atoms with van der Waals surface area (Å²) in [6, 6.07) is 7.43. The third kappa shape index (κ3) is 6.35. The molecule has 1 rings (SSSR count). The van der Waals surface area contributed by atoms with Crippen LogP contribution in [0, 0.1) is 5.92 Å². The standard InChI is InChI=1S/C16H22ClNO4/c1-10(2)15(19)21-12(4)22-16(20)18-9-11(3)13-5-7-14(17)8-6-13/h5-8,10-12H,9H2,1-4H3,(H,18,20)/t11-,12?/m1/s1. The summed E-state index contributed by atoms with van der Waals surface area (Å²) in [7, 11) is 0. The number of hydrogen-bond acceptors (Lipinski definition) is 4. The van der Waals surface area contributed by atoms with Crippen LogP contribution < -0.4 is 5.32 Å². The molecule has 0 aliphatic rings. The van der Waals surface area contributed by atoms with Crippen molar-refractivity contribution < 1.29 is 19.1 Å². The minimum Gasteiger partial charge on any atom is -0.425 e. The van der Waals surface area contributed by atoms with E-state index >= 15 is 0 Å². The summed E-state index contributed by atoms with van der Waals surface area (Å²) in [5, 5.41) is 3.31. The van der Waals surface area contributed by atoms with E-state index < -0.39 is 18.4 Å². The second-order valence-electron chi connectivity index (χ2n) is 5.40. The van der Waals surface area contributed by atoms with Crippen molar-refractivity contribution in [2.24, 2.45) is 5.92 Å². The Balaban J connectivity index is 2.36. The van der Waals surface area contributed by atoms with E-state index in [1.165, 1.54) is 6.92 Å². The number of carbonyl (C=O) groups is 2. The van der Waals surface area contributed by atoms with Crippen molar-refractivity contribution in [3.05, 3.63) is 34.9 Å². The molecule has 0 heterocycles. The lowest BCUT2D eigenvalue weighted by Gasteiger charge is -2.17. The molecular weight excluding hydrogens is 306 g/mol. The predicted molar refractivity (Wildman–Crippen MR) is 84.7 cm³/mol. The number of rotatable bonds is 6. The second-order valence-corrected chi connectivity index (χ2v) is 5.83. The maximum absolute atomic E-state index is 11.6. The quantitative estimate of drug-likeness (QED) is 0.639. The fourth-order valence-electron chi connectivity index (χ4n) is 1.66. The van der Waals surface area contributed by atoms with Gasteiger partial charge in [0.2, 0.25) is 6.29 Å². The van der Waals surface area contributed by atoms with Crippen molar-refractivity contribution in [3.8, 4) is 0 Å². The minimum absolute atomic E-state index is 0.110. The van der Waals surface area contributed by atoms with E-state index in [0.717, 1.165) is 5.56 Å². The van der Waals surface area contributed by atoms with Gasteiger partial charge in [-0.25, -0.2) is 4.79 Å². The van der Waals surface area contributed by atoms with Crippen LogP contribution in [-0.4, -0.2) is 24.9 Å². The van der Waals surface area contributed by atoms with Crippen molar-refractivity contribution in [2.45, 2.75) is 39.9 Å². The lowest BCUT2D eigenvalue weighted by molar-refractivity contribution is -0.168. The van der Waals surface area contributed by atoms with E-state index in [0.29, 0.717) is 11.6 Å².